The van der Waals surface area contributed by atoms with Gasteiger partial charge >= 0.3 is 0 Å². The number of amides is 1. The fraction of sp³-hybridized carbons (Fsp3) is 0.450. The first-order chi connectivity index (χ1) is 12.2. The van der Waals surface area contributed by atoms with Crippen LogP contribution in [0.4, 0.5) is 0 Å². The maximum Gasteiger partial charge on any atom is 0.261 e. The predicted molar refractivity (Wildman–Crippen MR) is 101 cm³/mol. The summed E-state index contributed by atoms with van der Waals surface area (Å²) in [4.78, 5) is 16.1. The molecule has 2 atom stereocenters. The molecule has 0 aliphatic carbocycles. The fourth-order valence-electron chi connectivity index (χ4n) is 4.22. The minimum absolute atomic E-state index is 0.0241. The van der Waals surface area contributed by atoms with Gasteiger partial charge in [0.25, 0.3) is 5.91 Å². The maximum atomic E-state index is 12.9. The number of nitrogens with zero attached hydrogens (tertiary/aromatic N) is 1. The number of methoxy groups -OCH3 is 1. The zero-order valence-electron chi connectivity index (χ0n) is 14.7. The van der Waals surface area contributed by atoms with Crippen molar-refractivity contribution in [2.24, 2.45) is 5.92 Å². The number of fused-ring (bicyclic) bond motifs is 3. The zero-order chi connectivity index (χ0) is 17.4. The molecule has 1 aromatic heterocycles. The minimum atomic E-state index is 0.0241. The molecule has 2 aromatic rings. The Kier molecular flexibility index (Phi) is 4.52. The Hall–Kier alpha value is -1.85. The zero-order valence-corrected chi connectivity index (χ0v) is 15.5. The summed E-state index contributed by atoms with van der Waals surface area (Å²) in [5.41, 5.74) is 2.06. The maximum absolute atomic E-state index is 12.9. The van der Waals surface area contributed by atoms with Crippen LogP contribution in [-0.2, 0) is 0 Å². The Balaban J connectivity index is 1.56. The summed E-state index contributed by atoms with van der Waals surface area (Å²) < 4.78 is 5.52. The second kappa shape index (κ2) is 6.81. The summed E-state index contributed by atoms with van der Waals surface area (Å²) in [6.45, 7) is 4.58. The van der Waals surface area contributed by atoms with Crippen molar-refractivity contribution in [3.05, 3.63) is 41.3 Å². The molecule has 4 heterocycles. The molecule has 0 radical (unpaired) electrons. The molecule has 3 aliphatic heterocycles. The molecule has 2 bridgehead atoms. The van der Waals surface area contributed by atoms with Crippen molar-refractivity contribution in [1.82, 2.24) is 10.2 Å². The van der Waals surface area contributed by atoms with E-state index in [2.05, 4.69) is 17.1 Å². The number of thiophene rings is 1. The summed E-state index contributed by atoms with van der Waals surface area (Å²) in [6.07, 6.45) is 2.39. The van der Waals surface area contributed by atoms with E-state index in [9.17, 15) is 4.79 Å². The highest BCUT2D eigenvalue weighted by atomic mass is 32.1. The molecule has 5 heteroatoms. The van der Waals surface area contributed by atoms with E-state index in [1.165, 1.54) is 37.3 Å². The van der Waals surface area contributed by atoms with Gasteiger partial charge in [-0.3, -0.25) is 9.69 Å². The molecule has 25 heavy (non-hydrogen) atoms. The molecule has 5 rings (SSSR count). The number of nitrogens with one attached hydrogen (secondary N) is 1. The second-order valence-corrected chi connectivity index (χ2v) is 8.01. The van der Waals surface area contributed by atoms with E-state index in [-0.39, 0.29) is 11.9 Å². The van der Waals surface area contributed by atoms with Gasteiger partial charge in [0, 0.05) is 17.6 Å². The van der Waals surface area contributed by atoms with Crippen molar-refractivity contribution < 1.29 is 9.53 Å². The molecule has 1 N–H and O–H groups in total. The molecule has 4 nitrogen and oxygen atoms in total. The lowest BCUT2D eigenvalue weighted by atomic mass is 9.79. The third-order valence-electron chi connectivity index (χ3n) is 5.67. The number of piperidine rings is 3. The van der Waals surface area contributed by atoms with Gasteiger partial charge < -0.3 is 10.1 Å². The van der Waals surface area contributed by atoms with Gasteiger partial charge in [0.15, 0.2) is 5.06 Å². The van der Waals surface area contributed by atoms with E-state index in [0.29, 0.717) is 12.0 Å². The van der Waals surface area contributed by atoms with Crippen molar-refractivity contribution in [3.63, 3.8) is 0 Å². The summed E-state index contributed by atoms with van der Waals surface area (Å²) in [6, 6.07) is 12.7. The van der Waals surface area contributed by atoms with Crippen LogP contribution < -0.4 is 10.1 Å². The quantitative estimate of drug-likeness (QED) is 0.909. The molecule has 1 aromatic carbocycles. The molecule has 0 saturated carbocycles. The topological polar surface area (TPSA) is 41.6 Å². The lowest BCUT2D eigenvalue weighted by molar-refractivity contribution is 0.0218. The van der Waals surface area contributed by atoms with E-state index in [4.69, 9.17) is 4.74 Å². The first-order valence-electron chi connectivity index (χ1n) is 8.95. The van der Waals surface area contributed by atoms with Crippen LogP contribution in [0.1, 0.15) is 29.4 Å². The van der Waals surface area contributed by atoms with E-state index < -0.39 is 0 Å². The van der Waals surface area contributed by atoms with Crippen LogP contribution >= 0.6 is 11.3 Å². The molecule has 1 amide bonds. The number of rotatable bonds is 4. The van der Waals surface area contributed by atoms with E-state index >= 15 is 0 Å². The van der Waals surface area contributed by atoms with Gasteiger partial charge in [0.2, 0.25) is 0 Å². The molecule has 0 spiro atoms. The Morgan fingerprint density at radius 1 is 1.24 bits per heavy atom. The van der Waals surface area contributed by atoms with Crippen molar-refractivity contribution in [2.45, 2.75) is 31.8 Å². The van der Waals surface area contributed by atoms with Gasteiger partial charge in [0.1, 0.15) is 0 Å². The summed E-state index contributed by atoms with van der Waals surface area (Å²) in [5, 5.41) is 4.10. The average molecular weight is 356 g/mol. The standard InChI is InChI=1S/C20H24N2O2S/c1-13-18(15-8-10-22(13)11-9-15)21-19(23)17-12-16(20(24-2)25-17)14-6-4-3-5-7-14/h3-7,12-13,15,18H,8-11H2,1-2H3,(H,21,23)/t13-,18-/m0/s1. The summed E-state index contributed by atoms with van der Waals surface area (Å²) in [5.74, 6) is 0.635. The number of hydrogen-bond acceptors (Lipinski definition) is 4. The lowest BCUT2D eigenvalue weighted by Gasteiger charge is -2.49. The molecular weight excluding hydrogens is 332 g/mol. The van der Waals surface area contributed by atoms with E-state index in [0.717, 1.165) is 21.1 Å². The van der Waals surface area contributed by atoms with Gasteiger partial charge in [-0.1, -0.05) is 41.7 Å². The second-order valence-electron chi connectivity index (χ2n) is 7.00. The van der Waals surface area contributed by atoms with Crippen LogP contribution in [0.25, 0.3) is 11.1 Å². The van der Waals surface area contributed by atoms with Crippen LogP contribution in [0, 0.1) is 5.92 Å². The Bertz CT molecular complexity index is 748. The highest BCUT2D eigenvalue weighted by Gasteiger charge is 2.40. The number of hydrogen-bond donors (Lipinski definition) is 1. The van der Waals surface area contributed by atoms with Crippen molar-refractivity contribution in [1.29, 1.82) is 0 Å². The van der Waals surface area contributed by atoms with Crippen molar-refractivity contribution in [3.8, 4) is 16.2 Å². The van der Waals surface area contributed by atoms with E-state index in [1.807, 2.05) is 36.4 Å². The average Bonchev–Trinajstić information content (AvgIpc) is 3.10. The van der Waals surface area contributed by atoms with Gasteiger partial charge in [-0.25, -0.2) is 0 Å². The number of carbonyl (C=O) groups excluding carboxylic acids is 1. The normalized spacial score (nSPS) is 27.9. The van der Waals surface area contributed by atoms with Crippen LogP contribution in [0.5, 0.6) is 5.06 Å². The largest absolute Gasteiger partial charge is 0.487 e. The third-order valence-corrected chi connectivity index (χ3v) is 6.76. The highest BCUT2D eigenvalue weighted by molar-refractivity contribution is 7.16. The predicted octanol–water partition coefficient (Wildman–Crippen LogP) is 3.64. The first-order valence-corrected chi connectivity index (χ1v) is 9.77. The SMILES string of the molecule is COc1sc(C(=O)N[C@@H]2C3CCN(CC3)[C@H]2C)cc1-c1ccccc1. The van der Waals surface area contributed by atoms with Gasteiger partial charge in [-0.05, 0) is 50.4 Å². The number of carbonyl (C=O) groups is 1. The molecule has 0 unspecified atom stereocenters. The summed E-state index contributed by atoms with van der Waals surface area (Å²) >= 11 is 1.42. The smallest absolute Gasteiger partial charge is 0.261 e. The molecule has 3 aliphatic rings. The summed E-state index contributed by atoms with van der Waals surface area (Å²) in [7, 11) is 1.66. The highest BCUT2D eigenvalue weighted by Crippen LogP contribution is 2.38. The molecule has 132 valence electrons. The molecule has 3 fully saturated rings. The van der Waals surface area contributed by atoms with Crippen LogP contribution in [0.2, 0.25) is 0 Å². The van der Waals surface area contributed by atoms with Crippen LogP contribution in [-0.4, -0.2) is 43.1 Å². The molecule has 3 saturated heterocycles. The lowest BCUT2D eigenvalue weighted by Crippen LogP contribution is -2.62. The Morgan fingerprint density at radius 2 is 1.96 bits per heavy atom. The van der Waals surface area contributed by atoms with Gasteiger partial charge in [0.05, 0.1) is 12.0 Å². The van der Waals surface area contributed by atoms with E-state index in [1.54, 1.807) is 7.11 Å². The fourth-order valence-corrected chi connectivity index (χ4v) is 5.12. The first kappa shape index (κ1) is 16.6. The minimum Gasteiger partial charge on any atom is -0.487 e. The van der Waals surface area contributed by atoms with Crippen molar-refractivity contribution in [2.75, 3.05) is 20.2 Å². The van der Waals surface area contributed by atoms with Crippen LogP contribution in [0.3, 0.4) is 0 Å². The number of benzene rings is 1. The molecular formula is C20H24N2O2S. The Morgan fingerprint density at radius 3 is 2.60 bits per heavy atom. The van der Waals surface area contributed by atoms with Crippen molar-refractivity contribution >= 4 is 17.2 Å². The van der Waals surface area contributed by atoms with Crippen LogP contribution in [0.15, 0.2) is 36.4 Å². The Labute approximate surface area is 152 Å². The monoisotopic (exact) mass is 356 g/mol. The van der Waals surface area contributed by atoms with Gasteiger partial charge in [-0.15, -0.1) is 0 Å². The number of ether oxygens (including phenoxy) is 1. The van der Waals surface area contributed by atoms with Gasteiger partial charge in [-0.2, -0.15) is 0 Å². The third kappa shape index (κ3) is 3.07.